The quantitative estimate of drug-likeness (QED) is 0.517. The van der Waals surface area contributed by atoms with Gasteiger partial charge in [0.05, 0.1) is 18.0 Å². The lowest BCUT2D eigenvalue weighted by molar-refractivity contribution is 0.414. The molecule has 0 saturated heterocycles. The number of hydrogen-bond donors (Lipinski definition) is 0. The van der Waals surface area contributed by atoms with Crippen LogP contribution in [0.1, 0.15) is 5.56 Å². The van der Waals surface area contributed by atoms with E-state index in [4.69, 9.17) is 27.9 Å². The van der Waals surface area contributed by atoms with Crippen LogP contribution >= 0.6 is 23.2 Å². The maximum Gasteiger partial charge on any atom is 0.120 e. The Labute approximate surface area is 87.6 Å². The highest BCUT2D eigenvalue weighted by Gasteiger charge is 1.98. The normalized spacial score (nSPS) is 8.85. The van der Waals surface area contributed by atoms with Gasteiger partial charge < -0.3 is 4.74 Å². The molecular weight excluding hydrogens is 207 g/mol. The van der Waals surface area contributed by atoms with Gasteiger partial charge in [0, 0.05) is 5.56 Å². The van der Waals surface area contributed by atoms with Crippen molar-refractivity contribution < 1.29 is 4.74 Å². The van der Waals surface area contributed by atoms with Crippen molar-refractivity contribution >= 4 is 23.2 Å². The molecule has 13 heavy (non-hydrogen) atoms. The van der Waals surface area contributed by atoms with E-state index in [0.717, 1.165) is 11.3 Å². The van der Waals surface area contributed by atoms with Crippen molar-refractivity contribution in [3.63, 3.8) is 0 Å². The summed E-state index contributed by atoms with van der Waals surface area (Å²) in [7, 11) is 1.60. The van der Waals surface area contributed by atoms with Crippen molar-refractivity contribution in [2.24, 2.45) is 0 Å². The first-order valence-electron chi connectivity index (χ1n) is 3.66. The van der Waals surface area contributed by atoms with Gasteiger partial charge in [0.15, 0.2) is 0 Å². The summed E-state index contributed by atoms with van der Waals surface area (Å²) in [6, 6.07) is 5.31. The highest BCUT2D eigenvalue weighted by atomic mass is 35.5. The molecule has 3 heteroatoms. The molecular formula is C10H8Cl2O. The van der Waals surface area contributed by atoms with Gasteiger partial charge in [-0.3, -0.25) is 0 Å². The van der Waals surface area contributed by atoms with Gasteiger partial charge in [0.2, 0.25) is 0 Å². The molecule has 0 unspecified atom stereocenters. The predicted molar refractivity (Wildman–Crippen MR) is 55.6 cm³/mol. The van der Waals surface area contributed by atoms with Crippen LogP contribution in [0.3, 0.4) is 0 Å². The first-order valence-corrected chi connectivity index (χ1v) is 4.57. The smallest absolute Gasteiger partial charge is 0.120 e. The molecule has 0 fully saturated rings. The maximum atomic E-state index is 5.89. The molecule has 0 aliphatic rings. The van der Waals surface area contributed by atoms with E-state index in [0.29, 0.717) is 10.9 Å². The van der Waals surface area contributed by atoms with Gasteiger partial charge in [0.25, 0.3) is 0 Å². The molecule has 1 nitrogen and oxygen atoms in total. The Kier molecular flexibility index (Phi) is 3.95. The molecule has 0 amide bonds. The van der Waals surface area contributed by atoms with Crippen LogP contribution in [-0.4, -0.2) is 13.0 Å². The fourth-order valence-corrected chi connectivity index (χ4v) is 1.09. The molecule has 0 N–H and O–H groups in total. The summed E-state index contributed by atoms with van der Waals surface area (Å²) in [4.78, 5) is 0. The van der Waals surface area contributed by atoms with Crippen molar-refractivity contribution in [2.45, 2.75) is 0 Å². The lowest BCUT2D eigenvalue weighted by atomic mass is 10.2. The third kappa shape index (κ3) is 2.84. The topological polar surface area (TPSA) is 9.23 Å². The zero-order valence-corrected chi connectivity index (χ0v) is 8.62. The molecule has 0 saturated carbocycles. The van der Waals surface area contributed by atoms with Gasteiger partial charge >= 0.3 is 0 Å². The van der Waals surface area contributed by atoms with Crippen LogP contribution in [0.15, 0.2) is 18.2 Å². The van der Waals surface area contributed by atoms with Crippen molar-refractivity contribution in [2.75, 3.05) is 13.0 Å². The van der Waals surface area contributed by atoms with Crippen molar-refractivity contribution in [1.29, 1.82) is 0 Å². The van der Waals surface area contributed by atoms with E-state index in [2.05, 4.69) is 11.8 Å². The number of benzene rings is 1. The monoisotopic (exact) mass is 214 g/mol. The summed E-state index contributed by atoms with van der Waals surface area (Å²) in [5.74, 6) is 6.61. The number of halogens is 2. The largest absolute Gasteiger partial charge is 0.497 e. The minimum absolute atomic E-state index is 0.299. The number of rotatable bonds is 1. The Balaban J connectivity index is 3.04. The van der Waals surface area contributed by atoms with Crippen LogP contribution in [0.25, 0.3) is 0 Å². The van der Waals surface area contributed by atoms with Gasteiger partial charge in [-0.25, -0.2) is 0 Å². The second-order valence-corrected chi connectivity index (χ2v) is 2.96. The molecule has 1 aromatic carbocycles. The molecule has 0 radical (unpaired) electrons. The molecule has 0 atom stereocenters. The summed E-state index contributed by atoms with van der Waals surface area (Å²) in [6.45, 7) is 0. The summed E-state index contributed by atoms with van der Waals surface area (Å²) in [6.07, 6.45) is 0. The van der Waals surface area contributed by atoms with Gasteiger partial charge in [-0.05, 0) is 18.2 Å². The minimum Gasteiger partial charge on any atom is -0.497 e. The molecule has 0 bridgehead atoms. The average molecular weight is 215 g/mol. The lowest BCUT2D eigenvalue weighted by Crippen LogP contribution is -1.84. The van der Waals surface area contributed by atoms with Crippen LogP contribution in [-0.2, 0) is 0 Å². The second kappa shape index (κ2) is 5.01. The molecule has 0 spiro atoms. The molecule has 0 aromatic heterocycles. The zero-order chi connectivity index (χ0) is 9.68. The molecule has 1 rings (SSSR count). The number of methoxy groups -OCH3 is 1. The SMILES string of the molecule is COc1ccc(Cl)c(C#CCCl)c1. The highest BCUT2D eigenvalue weighted by Crippen LogP contribution is 2.20. The van der Waals surface area contributed by atoms with E-state index in [1.807, 2.05) is 0 Å². The number of ether oxygens (including phenoxy) is 1. The lowest BCUT2D eigenvalue weighted by Gasteiger charge is -2.00. The van der Waals surface area contributed by atoms with E-state index in [-0.39, 0.29) is 0 Å². The molecule has 0 aliphatic heterocycles. The van der Waals surface area contributed by atoms with Crippen molar-refractivity contribution in [1.82, 2.24) is 0 Å². The third-order valence-electron chi connectivity index (χ3n) is 1.46. The van der Waals surface area contributed by atoms with E-state index >= 15 is 0 Å². The first kappa shape index (κ1) is 10.2. The van der Waals surface area contributed by atoms with Crippen LogP contribution in [0.5, 0.6) is 5.75 Å². The second-order valence-electron chi connectivity index (χ2n) is 2.28. The molecule has 0 heterocycles. The Morgan fingerprint density at radius 3 is 2.85 bits per heavy atom. The molecule has 0 aliphatic carbocycles. The summed E-state index contributed by atoms with van der Waals surface area (Å²) in [5, 5.41) is 0.610. The number of hydrogen-bond acceptors (Lipinski definition) is 1. The highest BCUT2D eigenvalue weighted by molar-refractivity contribution is 6.31. The van der Waals surface area contributed by atoms with Crippen molar-refractivity contribution in [3.8, 4) is 17.6 Å². The van der Waals surface area contributed by atoms with Crippen LogP contribution in [0.4, 0.5) is 0 Å². The fraction of sp³-hybridized carbons (Fsp3) is 0.200. The Hall–Kier alpha value is -0.840. The standard InChI is InChI=1S/C10H8Cl2O/c1-13-9-4-5-10(12)8(7-9)3-2-6-11/h4-5,7H,6H2,1H3. The van der Waals surface area contributed by atoms with Gasteiger partial charge in [-0.15, -0.1) is 11.6 Å². The Bertz CT molecular complexity index is 350. The fourth-order valence-electron chi connectivity index (χ4n) is 0.856. The van der Waals surface area contributed by atoms with E-state index in [1.54, 1.807) is 25.3 Å². The summed E-state index contributed by atoms with van der Waals surface area (Å²) >= 11 is 11.3. The van der Waals surface area contributed by atoms with E-state index in [1.165, 1.54) is 0 Å². The van der Waals surface area contributed by atoms with E-state index < -0.39 is 0 Å². The zero-order valence-electron chi connectivity index (χ0n) is 7.10. The molecule has 1 aromatic rings. The van der Waals surface area contributed by atoms with Crippen molar-refractivity contribution in [3.05, 3.63) is 28.8 Å². The third-order valence-corrected chi connectivity index (χ3v) is 1.93. The van der Waals surface area contributed by atoms with Crippen LogP contribution in [0, 0.1) is 11.8 Å². The first-order chi connectivity index (χ1) is 6.27. The molecule has 68 valence electrons. The Morgan fingerprint density at radius 2 is 2.23 bits per heavy atom. The van der Waals surface area contributed by atoms with Gasteiger partial charge in [0.1, 0.15) is 5.75 Å². The van der Waals surface area contributed by atoms with Crippen LogP contribution in [0.2, 0.25) is 5.02 Å². The van der Waals surface area contributed by atoms with Crippen LogP contribution < -0.4 is 4.74 Å². The summed E-state index contributed by atoms with van der Waals surface area (Å²) < 4.78 is 5.03. The Morgan fingerprint density at radius 1 is 1.46 bits per heavy atom. The minimum atomic E-state index is 0.299. The van der Waals surface area contributed by atoms with Gasteiger partial charge in [-0.1, -0.05) is 23.4 Å². The predicted octanol–water partition coefficient (Wildman–Crippen LogP) is 2.94. The maximum absolute atomic E-state index is 5.89. The number of alkyl halides is 1. The van der Waals surface area contributed by atoms with E-state index in [9.17, 15) is 0 Å². The summed E-state index contributed by atoms with van der Waals surface area (Å²) in [5.41, 5.74) is 0.738. The van der Waals surface area contributed by atoms with Gasteiger partial charge in [-0.2, -0.15) is 0 Å². The average Bonchev–Trinajstić information content (AvgIpc) is 2.17.